The highest BCUT2D eigenvalue weighted by Gasteiger charge is 2.30. The Morgan fingerprint density at radius 2 is 2.05 bits per heavy atom. The van der Waals surface area contributed by atoms with Crippen molar-refractivity contribution in [1.82, 2.24) is 9.97 Å². The summed E-state index contributed by atoms with van der Waals surface area (Å²) < 4.78 is 7.52. The molecule has 0 spiro atoms. The molecule has 1 unspecified atom stereocenters. The van der Waals surface area contributed by atoms with Gasteiger partial charge in [-0.05, 0) is 49.0 Å². The van der Waals surface area contributed by atoms with Gasteiger partial charge in [0.2, 0.25) is 0 Å². The van der Waals surface area contributed by atoms with E-state index in [1.165, 1.54) is 31.4 Å². The molecule has 1 N–H and O–H groups in total. The molecule has 0 aliphatic heterocycles. The van der Waals surface area contributed by atoms with Crippen LogP contribution in [0.2, 0.25) is 0 Å². The van der Waals surface area contributed by atoms with Crippen molar-refractivity contribution >= 4 is 28.1 Å². The third-order valence-electron chi connectivity index (χ3n) is 4.29. The van der Waals surface area contributed by atoms with Crippen LogP contribution in [0.25, 0.3) is 0 Å². The molecule has 0 aromatic carbocycles. The molecular weight excluding hydrogens is 336 g/mol. The third kappa shape index (κ3) is 3.15. The second-order valence-electron chi connectivity index (χ2n) is 5.62. The highest BCUT2D eigenvalue weighted by molar-refractivity contribution is 9.10. The van der Waals surface area contributed by atoms with Gasteiger partial charge in [-0.3, -0.25) is 0 Å². The Kier molecular flexibility index (Phi) is 5.37. The first-order chi connectivity index (χ1) is 9.51. The minimum atomic E-state index is -0.392. The highest BCUT2D eigenvalue weighted by atomic mass is 79.9. The van der Waals surface area contributed by atoms with Gasteiger partial charge in [0, 0.05) is 18.2 Å². The van der Waals surface area contributed by atoms with E-state index in [4.69, 9.17) is 17.0 Å². The van der Waals surface area contributed by atoms with E-state index in [2.05, 4.69) is 39.7 Å². The second-order valence-corrected chi connectivity index (χ2v) is 6.80. The molecule has 1 heterocycles. The van der Waals surface area contributed by atoms with Gasteiger partial charge in [-0.15, -0.1) is 0 Å². The zero-order chi connectivity index (χ0) is 14.8. The first kappa shape index (κ1) is 16.1. The van der Waals surface area contributed by atoms with Gasteiger partial charge in [0.1, 0.15) is 16.1 Å². The average molecular weight is 359 g/mol. The predicted molar refractivity (Wildman–Crippen MR) is 87.6 cm³/mol. The van der Waals surface area contributed by atoms with Gasteiger partial charge in [-0.1, -0.05) is 32.0 Å². The number of halogens is 1. The first-order valence-corrected chi connectivity index (χ1v) is 8.66. The van der Waals surface area contributed by atoms with E-state index in [9.17, 15) is 0 Å². The van der Waals surface area contributed by atoms with Crippen molar-refractivity contribution in [3.63, 3.8) is 0 Å². The summed E-state index contributed by atoms with van der Waals surface area (Å²) in [6.45, 7) is 6.88. The fourth-order valence-electron chi connectivity index (χ4n) is 2.88. The lowest BCUT2D eigenvalue weighted by Gasteiger charge is -2.28. The summed E-state index contributed by atoms with van der Waals surface area (Å²) in [7, 11) is 0. The summed E-state index contributed by atoms with van der Waals surface area (Å²) in [6.07, 6.45) is 5.91. The number of hydrogen-bond donors (Lipinski definition) is 1. The summed E-state index contributed by atoms with van der Waals surface area (Å²) in [6, 6.07) is 0. The molecule has 1 aromatic rings. The lowest BCUT2D eigenvalue weighted by molar-refractivity contribution is -0.0393. The molecule has 20 heavy (non-hydrogen) atoms. The number of nitrogens with zero attached hydrogens (tertiary/aromatic N) is 1. The van der Waals surface area contributed by atoms with E-state index in [0.717, 1.165) is 16.7 Å². The monoisotopic (exact) mass is 358 g/mol. The quantitative estimate of drug-likeness (QED) is 0.733. The maximum atomic E-state index is 5.92. The van der Waals surface area contributed by atoms with E-state index < -0.39 is 5.60 Å². The summed E-state index contributed by atoms with van der Waals surface area (Å²) in [4.78, 5) is 8.08. The first-order valence-electron chi connectivity index (χ1n) is 7.46. The minimum absolute atomic E-state index is 0.392. The Bertz CT molecular complexity index is 525. The summed E-state index contributed by atoms with van der Waals surface area (Å²) >= 11 is 9.04. The second kappa shape index (κ2) is 6.67. The SMILES string of the molecule is CCOC(C)(CC)c1nc(=S)c(Br)c(C2CCCC2)[nH]1. The number of ether oxygens (including phenoxy) is 1. The van der Waals surface area contributed by atoms with Crippen molar-refractivity contribution in [3.05, 3.63) is 20.6 Å². The summed E-state index contributed by atoms with van der Waals surface area (Å²) in [5.41, 5.74) is 0.813. The van der Waals surface area contributed by atoms with Gasteiger partial charge < -0.3 is 9.72 Å². The molecule has 3 nitrogen and oxygen atoms in total. The number of aromatic nitrogens is 2. The molecule has 1 aliphatic rings. The Morgan fingerprint density at radius 3 is 2.60 bits per heavy atom. The normalized spacial score (nSPS) is 19.2. The lowest BCUT2D eigenvalue weighted by atomic mass is 10.00. The predicted octanol–water partition coefficient (Wildman–Crippen LogP) is 5.22. The molecule has 1 aromatic heterocycles. The smallest absolute Gasteiger partial charge is 0.144 e. The van der Waals surface area contributed by atoms with E-state index in [1.54, 1.807) is 0 Å². The van der Waals surface area contributed by atoms with Gasteiger partial charge in [-0.25, -0.2) is 4.98 Å². The zero-order valence-electron chi connectivity index (χ0n) is 12.5. The fourth-order valence-corrected chi connectivity index (χ4v) is 3.59. The molecule has 1 fully saturated rings. The van der Waals surface area contributed by atoms with E-state index in [1.807, 2.05) is 6.92 Å². The Balaban J connectivity index is 2.47. The molecule has 1 aliphatic carbocycles. The van der Waals surface area contributed by atoms with E-state index >= 15 is 0 Å². The van der Waals surface area contributed by atoms with Crippen LogP contribution in [0.15, 0.2) is 4.47 Å². The van der Waals surface area contributed by atoms with Crippen molar-refractivity contribution in [2.75, 3.05) is 6.61 Å². The molecule has 0 saturated heterocycles. The van der Waals surface area contributed by atoms with Gasteiger partial charge in [0.15, 0.2) is 0 Å². The Morgan fingerprint density at radius 1 is 1.40 bits per heavy atom. The van der Waals surface area contributed by atoms with Gasteiger partial charge in [0.25, 0.3) is 0 Å². The zero-order valence-corrected chi connectivity index (χ0v) is 14.9. The fraction of sp³-hybridized carbons (Fsp3) is 0.733. The molecular formula is C15H23BrN2OS. The van der Waals surface area contributed by atoms with Crippen LogP contribution in [-0.2, 0) is 10.3 Å². The largest absolute Gasteiger partial charge is 0.368 e. The number of H-pyrrole nitrogens is 1. The molecule has 1 saturated carbocycles. The van der Waals surface area contributed by atoms with Crippen LogP contribution in [0.4, 0.5) is 0 Å². The van der Waals surface area contributed by atoms with Crippen molar-refractivity contribution in [1.29, 1.82) is 0 Å². The van der Waals surface area contributed by atoms with Gasteiger partial charge >= 0.3 is 0 Å². The van der Waals surface area contributed by atoms with Crippen LogP contribution < -0.4 is 0 Å². The number of aromatic amines is 1. The molecule has 1 atom stereocenters. The van der Waals surface area contributed by atoms with Crippen molar-refractivity contribution in [2.24, 2.45) is 0 Å². The van der Waals surface area contributed by atoms with Crippen LogP contribution in [0, 0.1) is 4.64 Å². The highest BCUT2D eigenvalue weighted by Crippen LogP contribution is 2.38. The number of rotatable bonds is 5. The van der Waals surface area contributed by atoms with Crippen LogP contribution >= 0.6 is 28.1 Å². The van der Waals surface area contributed by atoms with Crippen LogP contribution in [0.3, 0.4) is 0 Å². The van der Waals surface area contributed by atoms with Gasteiger partial charge in [0.05, 0.1) is 4.47 Å². The van der Waals surface area contributed by atoms with Crippen LogP contribution in [0.5, 0.6) is 0 Å². The topological polar surface area (TPSA) is 37.9 Å². The number of nitrogens with one attached hydrogen (secondary N) is 1. The van der Waals surface area contributed by atoms with Gasteiger partial charge in [-0.2, -0.15) is 0 Å². The van der Waals surface area contributed by atoms with E-state index in [0.29, 0.717) is 17.2 Å². The van der Waals surface area contributed by atoms with Crippen molar-refractivity contribution in [2.45, 2.75) is 64.4 Å². The van der Waals surface area contributed by atoms with Crippen LogP contribution in [0.1, 0.15) is 70.3 Å². The maximum absolute atomic E-state index is 5.92. The molecule has 112 valence electrons. The van der Waals surface area contributed by atoms with E-state index in [-0.39, 0.29) is 0 Å². The Hall–Kier alpha value is -0.260. The van der Waals surface area contributed by atoms with Crippen molar-refractivity contribution in [3.8, 4) is 0 Å². The minimum Gasteiger partial charge on any atom is -0.368 e. The van der Waals surface area contributed by atoms with Crippen molar-refractivity contribution < 1.29 is 4.74 Å². The summed E-state index contributed by atoms with van der Waals surface area (Å²) in [5.74, 6) is 1.42. The summed E-state index contributed by atoms with van der Waals surface area (Å²) in [5, 5.41) is 0. The average Bonchev–Trinajstić information content (AvgIpc) is 2.95. The molecule has 5 heteroatoms. The number of hydrogen-bond acceptors (Lipinski definition) is 3. The lowest BCUT2D eigenvalue weighted by Crippen LogP contribution is -2.28. The molecule has 0 bridgehead atoms. The Labute approximate surface area is 134 Å². The third-order valence-corrected chi connectivity index (χ3v) is 5.65. The molecule has 0 radical (unpaired) electrons. The standard InChI is InChI=1S/C15H23BrN2OS/c1-4-15(3,19-5-2)14-17-12(10-8-6-7-9-10)11(16)13(20)18-14/h10H,4-9H2,1-3H3,(H,17,18,20). The van der Waals surface area contributed by atoms with Crippen LogP contribution in [-0.4, -0.2) is 16.6 Å². The molecule has 2 rings (SSSR count). The maximum Gasteiger partial charge on any atom is 0.144 e. The molecule has 0 amide bonds.